The lowest BCUT2D eigenvalue weighted by atomic mass is 10.4. The summed E-state index contributed by atoms with van der Waals surface area (Å²) in [6.07, 6.45) is -5.80. The quantitative estimate of drug-likeness (QED) is 0.750. The lowest BCUT2D eigenvalue weighted by molar-refractivity contribution is -0.135. The standard InChI is InChI=1S/C10H11ClF3NO4S2/c1-15(6-5-10(12,13)14)21(18,19)9-4-2-3-8(7-9)20(11,16)17/h2-4,7H,5-6H2,1H3. The number of sulfonamides is 1. The van der Waals surface area contributed by atoms with Gasteiger partial charge < -0.3 is 0 Å². The van der Waals surface area contributed by atoms with Crippen LogP contribution in [0.5, 0.6) is 0 Å². The van der Waals surface area contributed by atoms with Crippen LogP contribution in [0.25, 0.3) is 0 Å². The molecule has 0 atom stereocenters. The van der Waals surface area contributed by atoms with Gasteiger partial charge in [0, 0.05) is 24.3 Å². The largest absolute Gasteiger partial charge is 0.390 e. The van der Waals surface area contributed by atoms with E-state index in [9.17, 15) is 30.0 Å². The summed E-state index contributed by atoms with van der Waals surface area (Å²) in [5.41, 5.74) is 0. The summed E-state index contributed by atoms with van der Waals surface area (Å²) in [4.78, 5) is -0.900. The first-order chi connectivity index (χ1) is 9.34. The van der Waals surface area contributed by atoms with Gasteiger partial charge >= 0.3 is 6.18 Å². The van der Waals surface area contributed by atoms with E-state index in [1.54, 1.807) is 0 Å². The Morgan fingerprint density at radius 2 is 1.67 bits per heavy atom. The molecule has 0 aromatic heterocycles. The maximum atomic E-state index is 12.1. The molecular formula is C10H11ClF3NO4S2. The molecule has 0 heterocycles. The van der Waals surface area contributed by atoms with Crippen LogP contribution in [-0.2, 0) is 19.1 Å². The lowest BCUT2D eigenvalue weighted by Crippen LogP contribution is -2.30. The van der Waals surface area contributed by atoms with Gasteiger partial charge in [-0.25, -0.2) is 21.1 Å². The third-order valence-electron chi connectivity index (χ3n) is 2.51. The zero-order chi connectivity index (χ0) is 16.5. The molecule has 0 aliphatic rings. The van der Waals surface area contributed by atoms with Crippen molar-refractivity contribution in [1.82, 2.24) is 4.31 Å². The van der Waals surface area contributed by atoms with Crippen LogP contribution in [0.4, 0.5) is 13.2 Å². The minimum Gasteiger partial charge on any atom is -0.207 e. The monoisotopic (exact) mass is 365 g/mol. The van der Waals surface area contributed by atoms with E-state index in [1.165, 1.54) is 0 Å². The number of alkyl halides is 3. The predicted octanol–water partition coefficient (Wildman–Crippen LogP) is 2.19. The molecule has 0 saturated carbocycles. The summed E-state index contributed by atoms with van der Waals surface area (Å²) < 4.78 is 83.2. The van der Waals surface area contributed by atoms with Gasteiger partial charge in [-0.15, -0.1) is 0 Å². The molecule has 21 heavy (non-hydrogen) atoms. The first-order valence-corrected chi connectivity index (χ1v) is 9.17. The normalized spacial score (nSPS) is 13.6. The molecule has 0 fully saturated rings. The molecule has 0 saturated heterocycles. The van der Waals surface area contributed by atoms with Gasteiger partial charge in [-0.1, -0.05) is 6.07 Å². The second kappa shape index (κ2) is 6.11. The molecule has 11 heteroatoms. The highest BCUT2D eigenvalue weighted by molar-refractivity contribution is 8.13. The minimum atomic E-state index is -4.49. The third-order valence-corrected chi connectivity index (χ3v) is 5.71. The topological polar surface area (TPSA) is 71.5 Å². The van der Waals surface area contributed by atoms with Gasteiger partial charge in [-0.05, 0) is 18.2 Å². The first-order valence-electron chi connectivity index (χ1n) is 5.42. The summed E-state index contributed by atoms with van der Waals surface area (Å²) in [6, 6.07) is 4.09. The Labute approximate surface area is 124 Å². The van der Waals surface area contributed by atoms with Crippen molar-refractivity contribution >= 4 is 29.8 Å². The molecule has 0 unspecified atom stereocenters. The Hall–Kier alpha value is -0.840. The molecule has 0 aliphatic carbocycles. The molecule has 120 valence electrons. The van der Waals surface area contributed by atoms with Crippen LogP contribution < -0.4 is 0 Å². The Morgan fingerprint density at radius 1 is 1.14 bits per heavy atom. The maximum absolute atomic E-state index is 12.1. The van der Waals surface area contributed by atoms with Crippen molar-refractivity contribution in [1.29, 1.82) is 0 Å². The second-order valence-electron chi connectivity index (χ2n) is 4.10. The molecule has 0 radical (unpaired) electrons. The van der Waals surface area contributed by atoms with E-state index in [1.807, 2.05) is 0 Å². The Kier molecular flexibility index (Phi) is 5.30. The van der Waals surface area contributed by atoms with E-state index in [0.717, 1.165) is 31.3 Å². The summed E-state index contributed by atoms with van der Waals surface area (Å²) in [5, 5.41) is 0. The average molecular weight is 366 g/mol. The Morgan fingerprint density at radius 3 is 2.14 bits per heavy atom. The highest BCUT2D eigenvalue weighted by Crippen LogP contribution is 2.24. The summed E-state index contributed by atoms with van der Waals surface area (Å²) >= 11 is 0. The maximum Gasteiger partial charge on any atom is 0.390 e. The molecular weight excluding hydrogens is 355 g/mol. The molecule has 0 N–H and O–H groups in total. The van der Waals surface area contributed by atoms with Crippen LogP contribution in [0, 0.1) is 0 Å². The number of hydrogen-bond acceptors (Lipinski definition) is 4. The van der Waals surface area contributed by atoms with Crippen molar-refractivity contribution in [2.24, 2.45) is 0 Å². The van der Waals surface area contributed by atoms with Crippen molar-refractivity contribution in [2.45, 2.75) is 22.4 Å². The van der Waals surface area contributed by atoms with Crippen LogP contribution >= 0.6 is 10.7 Å². The van der Waals surface area contributed by atoms with Gasteiger partial charge in [-0.3, -0.25) is 0 Å². The number of hydrogen-bond donors (Lipinski definition) is 0. The zero-order valence-electron chi connectivity index (χ0n) is 10.6. The highest BCUT2D eigenvalue weighted by Gasteiger charge is 2.30. The number of halogens is 4. The highest BCUT2D eigenvalue weighted by atomic mass is 35.7. The first kappa shape index (κ1) is 18.2. The lowest BCUT2D eigenvalue weighted by Gasteiger charge is -2.18. The smallest absolute Gasteiger partial charge is 0.207 e. The SMILES string of the molecule is CN(CCC(F)(F)F)S(=O)(=O)c1cccc(S(=O)(=O)Cl)c1. The second-order valence-corrected chi connectivity index (χ2v) is 8.72. The predicted molar refractivity (Wildman–Crippen MR) is 70.0 cm³/mol. The average Bonchev–Trinajstić information content (AvgIpc) is 2.34. The fourth-order valence-corrected chi connectivity index (χ4v) is 3.46. The third kappa shape index (κ3) is 5.13. The van der Waals surface area contributed by atoms with E-state index in [4.69, 9.17) is 10.7 Å². The van der Waals surface area contributed by atoms with E-state index in [-0.39, 0.29) is 0 Å². The Balaban J connectivity index is 3.08. The summed E-state index contributed by atoms with van der Waals surface area (Å²) in [7, 11) is -2.30. The van der Waals surface area contributed by atoms with Gasteiger partial charge in [0.1, 0.15) is 0 Å². The molecule has 1 rings (SSSR count). The van der Waals surface area contributed by atoms with Crippen molar-refractivity contribution < 1.29 is 30.0 Å². The van der Waals surface area contributed by atoms with Crippen molar-refractivity contribution in [3.8, 4) is 0 Å². The van der Waals surface area contributed by atoms with Gasteiger partial charge in [-0.2, -0.15) is 13.2 Å². The van der Waals surface area contributed by atoms with Crippen molar-refractivity contribution in [2.75, 3.05) is 13.6 Å². The number of benzene rings is 1. The van der Waals surface area contributed by atoms with Gasteiger partial charge in [0.15, 0.2) is 0 Å². The van der Waals surface area contributed by atoms with Crippen LogP contribution in [0.2, 0.25) is 0 Å². The number of rotatable bonds is 5. The van der Waals surface area contributed by atoms with Crippen molar-refractivity contribution in [3.05, 3.63) is 24.3 Å². The van der Waals surface area contributed by atoms with Gasteiger partial charge in [0.05, 0.1) is 16.2 Å². The van der Waals surface area contributed by atoms with Crippen molar-refractivity contribution in [3.63, 3.8) is 0 Å². The fourth-order valence-electron chi connectivity index (χ4n) is 1.37. The van der Waals surface area contributed by atoms with Crippen LogP contribution in [0.3, 0.4) is 0 Å². The molecule has 0 spiro atoms. The summed E-state index contributed by atoms with van der Waals surface area (Å²) in [6.45, 7) is -0.774. The van der Waals surface area contributed by atoms with Crippen LogP contribution in [-0.4, -0.2) is 40.9 Å². The van der Waals surface area contributed by atoms with Gasteiger partial charge in [0.25, 0.3) is 9.05 Å². The van der Waals surface area contributed by atoms with E-state index >= 15 is 0 Å². The fraction of sp³-hybridized carbons (Fsp3) is 0.400. The van der Waals surface area contributed by atoms with E-state index in [2.05, 4.69) is 0 Å². The minimum absolute atomic E-state index is 0.450. The summed E-state index contributed by atoms with van der Waals surface area (Å²) in [5.74, 6) is 0. The molecule has 0 bridgehead atoms. The van der Waals surface area contributed by atoms with Gasteiger partial charge in [0.2, 0.25) is 10.0 Å². The Bertz CT molecular complexity index is 716. The molecule has 1 aromatic rings. The van der Waals surface area contributed by atoms with E-state index < -0.39 is 48.0 Å². The zero-order valence-corrected chi connectivity index (χ0v) is 13.0. The molecule has 1 aromatic carbocycles. The molecule has 0 amide bonds. The number of nitrogens with zero attached hydrogens (tertiary/aromatic N) is 1. The van der Waals surface area contributed by atoms with E-state index in [0.29, 0.717) is 4.31 Å². The van der Waals surface area contributed by atoms with Crippen LogP contribution in [0.1, 0.15) is 6.42 Å². The molecule has 0 aliphatic heterocycles. The van der Waals surface area contributed by atoms with Crippen LogP contribution in [0.15, 0.2) is 34.1 Å². The molecule has 5 nitrogen and oxygen atoms in total.